The van der Waals surface area contributed by atoms with E-state index in [1.807, 2.05) is 41.5 Å². The highest BCUT2D eigenvalue weighted by Gasteiger charge is 1.61. The van der Waals surface area contributed by atoms with Crippen molar-refractivity contribution in [2.24, 2.45) is 0 Å². The summed E-state index contributed by atoms with van der Waals surface area (Å²) in [6.07, 6.45) is 10.3. The summed E-state index contributed by atoms with van der Waals surface area (Å²) in [6.45, 7) is 53.6. The molecular weight excluding hydrogens is 360 g/mol. The van der Waals surface area contributed by atoms with E-state index >= 15 is 0 Å². The molecule has 0 aliphatic carbocycles. The van der Waals surface area contributed by atoms with Crippen molar-refractivity contribution in [1.82, 2.24) is 0 Å². The Kier molecular flexibility index (Phi) is 50.6. The van der Waals surface area contributed by atoms with E-state index in [0.717, 1.165) is 33.4 Å². The molecule has 0 aliphatic heterocycles. The summed E-state index contributed by atoms with van der Waals surface area (Å²) in [5, 5.41) is 0. The van der Waals surface area contributed by atoms with Gasteiger partial charge in [-0.15, -0.1) is 0 Å². The molecular formula is C30H48. The fourth-order valence-electron chi connectivity index (χ4n) is 0. The van der Waals surface area contributed by atoms with Crippen LogP contribution in [0.25, 0.3) is 0 Å². The Bertz CT molecular complexity index is 446. The van der Waals surface area contributed by atoms with Crippen molar-refractivity contribution in [1.29, 1.82) is 0 Å². The first-order chi connectivity index (χ1) is 13.6. The minimum Gasteiger partial charge on any atom is -0.0988 e. The molecule has 0 atom stereocenters. The van der Waals surface area contributed by atoms with Gasteiger partial charge in [0.25, 0.3) is 0 Å². The molecule has 0 fully saturated rings. The van der Waals surface area contributed by atoms with Crippen LogP contribution >= 0.6 is 0 Å². The second-order valence-electron chi connectivity index (χ2n) is 6.30. The molecule has 0 aliphatic rings. The molecule has 0 aromatic heterocycles. The van der Waals surface area contributed by atoms with Crippen LogP contribution in [0.5, 0.6) is 0 Å². The van der Waals surface area contributed by atoms with Crippen LogP contribution in [0.1, 0.15) is 41.5 Å². The number of hydrogen-bond acceptors (Lipinski definition) is 0. The van der Waals surface area contributed by atoms with E-state index in [1.165, 1.54) is 0 Å². The van der Waals surface area contributed by atoms with Crippen molar-refractivity contribution in [2.45, 2.75) is 41.5 Å². The van der Waals surface area contributed by atoms with Crippen molar-refractivity contribution in [2.75, 3.05) is 0 Å². The first-order valence-electron chi connectivity index (χ1n) is 9.30. The first kappa shape index (κ1) is 41.3. The monoisotopic (exact) mass is 408 g/mol. The standard InChI is InChI=1S/6C5H8/c6*1-4-5(2)3/h6*4H,1-2H2,3H3. The maximum atomic E-state index is 3.56. The highest BCUT2D eigenvalue weighted by atomic mass is 13.7. The Morgan fingerprint density at radius 3 is 0.333 bits per heavy atom. The normalized spacial score (nSPS) is 6.60. The van der Waals surface area contributed by atoms with E-state index in [-0.39, 0.29) is 0 Å². The van der Waals surface area contributed by atoms with E-state index in [2.05, 4.69) is 78.9 Å². The van der Waals surface area contributed by atoms with Gasteiger partial charge in [-0.3, -0.25) is 0 Å². The molecule has 30 heavy (non-hydrogen) atoms. The predicted molar refractivity (Wildman–Crippen MR) is 150 cm³/mol. The van der Waals surface area contributed by atoms with Crippen molar-refractivity contribution < 1.29 is 0 Å². The van der Waals surface area contributed by atoms with Gasteiger partial charge in [-0.2, -0.15) is 0 Å². The molecule has 0 bridgehead atoms. The summed E-state index contributed by atoms with van der Waals surface area (Å²) in [7, 11) is 0. The zero-order valence-electron chi connectivity index (χ0n) is 20.9. The fraction of sp³-hybridized carbons (Fsp3) is 0.200. The molecule has 0 heteroatoms. The van der Waals surface area contributed by atoms with Gasteiger partial charge >= 0.3 is 0 Å². The average molecular weight is 409 g/mol. The molecule has 0 saturated carbocycles. The van der Waals surface area contributed by atoms with Gasteiger partial charge in [0.1, 0.15) is 0 Å². The number of hydrogen-bond donors (Lipinski definition) is 0. The Morgan fingerprint density at radius 2 is 0.333 bits per heavy atom. The van der Waals surface area contributed by atoms with Crippen LogP contribution in [0.15, 0.2) is 149 Å². The maximum Gasteiger partial charge on any atom is -0.0404 e. The van der Waals surface area contributed by atoms with Gasteiger partial charge in [0, 0.05) is 0 Å². The van der Waals surface area contributed by atoms with E-state index in [1.54, 1.807) is 36.5 Å². The quantitative estimate of drug-likeness (QED) is 0.383. The smallest absolute Gasteiger partial charge is 0.0404 e. The van der Waals surface area contributed by atoms with Crippen molar-refractivity contribution in [3.05, 3.63) is 149 Å². The molecule has 0 aromatic carbocycles. The highest BCUT2D eigenvalue weighted by Crippen LogP contribution is 1.83. The Morgan fingerprint density at radius 1 is 0.300 bits per heavy atom. The van der Waals surface area contributed by atoms with Crippen LogP contribution in [0.4, 0.5) is 0 Å². The van der Waals surface area contributed by atoms with Crippen LogP contribution < -0.4 is 0 Å². The van der Waals surface area contributed by atoms with E-state index in [0.29, 0.717) is 0 Å². The molecule has 0 N–H and O–H groups in total. The summed E-state index contributed by atoms with van der Waals surface area (Å²) >= 11 is 0. The van der Waals surface area contributed by atoms with Gasteiger partial charge in [-0.25, -0.2) is 0 Å². The van der Waals surface area contributed by atoms with Crippen LogP contribution in [0.3, 0.4) is 0 Å². The lowest BCUT2D eigenvalue weighted by Gasteiger charge is -1.71. The van der Waals surface area contributed by atoms with Crippen LogP contribution in [0.2, 0.25) is 0 Å². The largest absolute Gasteiger partial charge is 0.0988 e. The highest BCUT2D eigenvalue weighted by molar-refractivity contribution is 5.08. The van der Waals surface area contributed by atoms with E-state index < -0.39 is 0 Å². The van der Waals surface area contributed by atoms with Crippen molar-refractivity contribution in [3.8, 4) is 0 Å². The van der Waals surface area contributed by atoms with E-state index in [4.69, 9.17) is 0 Å². The summed E-state index contributed by atoms with van der Waals surface area (Å²) in [6, 6.07) is 0. The van der Waals surface area contributed by atoms with Crippen molar-refractivity contribution >= 4 is 0 Å². The van der Waals surface area contributed by atoms with Gasteiger partial charge in [0.2, 0.25) is 0 Å². The minimum atomic E-state index is 1.02. The molecule has 0 rings (SSSR count). The second-order valence-corrected chi connectivity index (χ2v) is 6.30. The number of allylic oxidation sites excluding steroid dienone is 12. The van der Waals surface area contributed by atoms with Gasteiger partial charge in [-0.05, 0) is 41.5 Å². The lowest BCUT2D eigenvalue weighted by atomic mass is 10.4. The zero-order valence-corrected chi connectivity index (χ0v) is 20.9. The lowest BCUT2D eigenvalue weighted by Crippen LogP contribution is -1.50. The molecule has 0 radical (unpaired) electrons. The molecule has 0 saturated heterocycles. The lowest BCUT2D eigenvalue weighted by molar-refractivity contribution is 1.58. The summed E-state index contributed by atoms with van der Waals surface area (Å²) in [5.41, 5.74) is 6.11. The fourth-order valence-corrected chi connectivity index (χ4v) is 0. The SMILES string of the molecule is C=CC(=C)C.C=CC(=C)C.C=CC(=C)C.C=CC(=C)C.C=CC(=C)C.C=CC(=C)C. The minimum absolute atomic E-state index is 1.02. The van der Waals surface area contributed by atoms with Crippen molar-refractivity contribution in [3.63, 3.8) is 0 Å². The third kappa shape index (κ3) is 180. The molecule has 0 nitrogen and oxygen atoms in total. The molecule has 0 heterocycles. The Labute approximate surface area is 190 Å². The third-order valence-corrected chi connectivity index (χ3v) is 2.09. The zero-order chi connectivity index (χ0) is 25.7. The third-order valence-electron chi connectivity index (χ3n) is 2.09. The molecule has 0 spiro atoms. The summed E-state index contributed by atoms with van der Waals surface area (Å²) < 4.78 is 0. The first-order valence-corrected chi connectivity index (χ1v) is 9.30. The average Bonchev–Trinajstić information content (AvgIpc) is 2.69. The summed E-state index contributed by atoms with van der Waals surface area (Å²) in [5.74, 6) is 0. The van der Waals surface area contributed by atoms with Crippen LogP contribution in [0, 0.1) is 0 Å². The van der Waals surface area contributed by atoms with Gasteiger partial charge in [0.15, 0.2) is 0 Å². The predicted octanol–water partition coefficient (Wildman–Crippen LogP) is 10.5. The van der Waals surface area contributed by atoms with Gasteiger partial charge in [-0.1, -0.05) is 149 Å². The molecule has 0 unspecified atom stereocenters. The van der Waals surface area contributed by atoms with Crippen LogP contribution in [-0.4, -0.2) is 0 Å². The van der Waals surface area contributed by atoms with Gasteiger partial charge in [0.05, 0.1) is 0 Å². The van der Waals surface area contributed by atoms with Crippen LogP contribution in [-0.2, 0) is 0 Å². The topological polar surface area (TPSA) is 0 Å². The Hall–Kier alpha value is -3.12. The molecule has 0 aromatic rings. The number of rotatable bonds is 6. The van der Waals surface area contributed by atoms with Gasteiger partial charge < -0.3 is 0 Å². The second kappa shape index (κ2) is 36.7. The van der Waals surface area contributed by atoms with E-state index in [9.17, 15) is 0 Å². The molecule has 168 valence electrons. The summed E-state index contributed by atoms with van der Waals surface area (Å²) in [4.78, 5) is 0. The molecule has 0 amide bonds. The Balaban J connectivity index is -0.0000000576. The maximum absolute atomic E-state index is 3.56.